The molecule has 3 nitrogen and oxygen atoms in total. The molecule has 0 bridgehead atoms. The molecule has 5 heteroatoms. The van der Waals surface area contributed by atoms with Crippen LogP contribution in [0.4, 0.5) is 0 Å². The largest absolute Gasteiger partial charge is 0.493 e. The highest BCUT2D eigenvalue weighted by Gasteiger charge is 2.32. The van der Waals surface area contributed by atoms with Crippen LogP contribution in [0.2, 0.25) is 0 Å². The molecule has 0 unspecified atom stereocenters. The second kappa shape index (κ2) is 6.57. The second-order valence-corrected chi connectivity index (χ2v) is 8.74. The van der Waals surface area contributed by atoms with Crippen LogP contribution in [0.3, 0.4) is 0 Å². The summed E-state index contributed by atoms with van der Waals surface area (Å²) in [4.78, 5) is 0. The molecular formula is C16H23ClO3S. The minimum absolute atomic E-state index is 0.0422. The lowest BCUT2D eigenvalue weighted by Gasteiger charge is -2.30. The molecule has 0 atom stereocenters. The Labute approximate surface area is 132 Å². The smallest absolute Gasteiger partial charge is 0.233 e. The van der Waals surface area contributed by atoms with Crippen molar-refractivity contribution in [2.24, 2.45) is 5.41 Å². The van der Waals surface area contributed by atoms with Gasteiger partial charge >= 0.3 is 0 Å². The summed E-state index contributed by atoms with van der Waals surface area (Å²) >= 11 is 0. The Kier molecular flexibility index (Phi) is 5.20. The molecule has 21 heavy (non-hydrogen) atoms. The average Bonchev–Trinajstić information content (AvgIpc) is 2.89. The first-order valence-corrected chi connectivity index (χ1v) is 10.0. The van der Waals surface area contributed by atoms with Gasteiger partial charge in [0, 0.05) is 16.1 Å². The van der Waals surface area contributed by atoms with Crippen LogP contribution in [0.1, 0.15) is 44.2 Å². The van der Waals surface area contributed by atoms with Crippen molar-refractivity contribution in [1.29, 1.82) is 0 Å². The van der Waals surface area contributed by atoms with Gasteiger partial charge in [0.05, 0.1) is 12.4 Å². The Morgan fingerprint density at radius 2 is 1.86 bits per heavy atom. The third-order valence-electron chi connectivity index (χ3n) is 4.59. The summed E-state index contributed by atoms with van der Waals surface area (Å²) in [6.45, 7) is 4.35. The number of halogens is 1. The fraction of sp³-hybridized carbons (Fsp3) is 0.625. The summed E-state index contributed by atoms with van der Waals surface area (Å²) in [5.41, 5.74) is 2.35. The highest BCUT2D eigenvalue weighted by molar-refractivity contribution is 8.13. The van der Waals surface area contributed by atoms with Crippen LogP contribution in [0.25, 0.3) is 0 Å². The van der Waals surface area contributed by atoms with E-state index in [9.17, 15) is 8.42 Å². The molecule has 1 aromatic carbocycles. The Balaban J connectivity index is 2.08. The molecule has 0 radical (unpaired) electrons. The number of hydrogen-bond donors (Lipinski definition) is 0. The average molecular weight is 331 g/mol. The number of fused-ring (bicyclic) bond motifs is 1. The summed E-state index contributed by atoms with van der Waals surface area (Å²) in [7, 11) is 1.92. The van der Waals surface area contributed by atoms with Crippen molar-refractivity contribution in [2.45, 2.75) is 46.0 Å². The molecule has 1 aliphatic rings. The molecule has 0 saturated carbocycles. The lowest BCUT2D eigenvalue weighted by atomic mass is 9.85. The molecule has 0 spiro atoms. The number of aryl methyl sites for hydroxylation is 2. The maximum atomic E-state index is 11.4. The molecule has 0 N–H and O–H groups in total. The minimum atomic E-state index is -3.53. The first-order chi connectivity index (χ1) is 9.87. The lowest BCUT2D eigenvalue weighted by Crippen LogP contribution is -2.33. The topological polar surface area (TPSA) is 43.4 Å². The zero-order chi connectivity index (χ0) is 15.5. The van der Waals surface area contributed by atoms with Gasteiger partial charge in [-0.1, -0.05) is 19.9 Å². The Bertz CT molecular complexity index is 592. The zero-order valence-corrected chi connectivity index (χ0v) is 14.3. The Morgan fingerprint density at radius 3 is 2.48 bits per heavy atom. The maximum Gasteiger partial charge on any atom is 0.233 e. The number of rotatable bonds is 7. The second-order valence-electron chi connectivity index (χ2n) is 5.96. The van der Waals surface area contributed by atoms with Crippen LogP contribution >= 0.6 is 10.7 Å². The highest BCUT2D eigenvalue weighted by Crippen LogP contribution is 2.32. The predicted octanol–water partition coefficient (Wildman–Crippen LogP) is 3.93. The standard InChI is InChI=1S/C16H23ClO3S/c1-3-16(4-2,12-21(17,18)19)11-20-15-9-8-13-6-5-7-14(13)10-15/h8-10H,3-7,11-12H2,1-2H3. The van der Waals surface area contributed by atoms with Crippen molar-refractivity contribution in [3.8, 4) is 5.75 Å². The van der Waals surface area contributed by atoms with Gasteiger partial charge in [-0.05, 0) is 55.4 Å². The van der Waals surface area contributed by atoms with Crippen molar-refractivity contribution in [1.82, 2.24) is 0 Å². The predicted molar refractivity (Wildman–Crippen MR) is 86.6 cm³/mol. The van der Waals surface area contributed by atoms with Gasteiger partial charge in [-0.3, -0.25) is 0 Å². The first kappa shape index (κ1) is 16.6. The number of benzene rings is 1. The Morgan fingerprint density at radius 1 is 1.19 bits per heavy atom. The van der Waals surface area contributed by atoms with Gasteiger partial charge in [-0.2, -0.15) is 0 Å². The van der Waals surface area contributed by atoms with Crippen molar-refractivity contribution < 1.29 is 13.2 Å². The minimum Gasteiger partial charge on any atom is -0.493 e. The van der Waals surface area contributed by atoms with Crippen LogP contribution < -0.4 is 4.74 Å². The molecule has 1 aromatic rings. The van der Waals surface area contributed by atoms with Crippen molar-refractivity contribution >= 4 is 19.7 Å². The number of hydrogen-bond acceptors (Lipinski definition) is 3. The normalized spacial score (nSPS) is 15.0. The van der Waals surface area contributed by atoms with Crippen LogP contribution in [-0.2, 0) is 21.9 Å². The maximum absolute atomic E-state index is 11.4. The third-order valence-corrected chi connectivity index (χ3v) is 5.88. The molecule has 0 aliphatic heterocycles. The van der Waals surface area contributed by atoms with Gasteiger partial charge in [0.25, 0.3) is 0 Å². The van der Waals surface area contributed by atoms with Gasteiger partial charge in [-0.25, -0.2) is 8.42 Å². The van der Waals surface area contributed by atoms with E-state index in [1.165, 1.54) is 17.5 Å². The van der Waals surface area contributed by atoms with Gasteiger partial charge in [-0.15, -0.1) is 0 Å². The van der Waals surface area contributed by atoms with Crippen LogP contribution in [0, 0.1) is 5.41 Å². The molecule has 0 saturated heterocycles. The van der Waals surface area contributed by atoms with Gasteiger partial charge in [0.2, 0.25) is 9.05 Å². The van der Waals surface area contributed by atoms with E-state index in [1.807, 2.05) is 19.9 Å². The zero-order valence-electron chi connectivity index (χ0n) is 12.7. The number of ether oxygens (including phenoxy) is 1. The van der Waals surface area contributed by atoms with E-state index in [1.54, 1.807) is 0 Å². The Hall–Kier alpha value is -0.740. The highest BCUT2D eigenvalue weighted by atomic mass is 35.7. The van der Waals surface area contributed by atoms with Crippen molar-refractivity contribution in [3.05, 3.63) is 29.3 Å². The van der Waals surface area contributed by atoms with E-state index >= 15 is 0 Å². The van der Waals surface area contributed by atoms with Crippen LogP contribution in [0.15, 0.2) is 18.2 Å². The van der Waals surface area contributed by atoms with E-state index in [-0.39, 0.29) is 5.75 Å². The summed E-state index contributed by atoms with van der Waals surface area (Å²) in [6, 6.07) is 6.19. The van der Waals surface area contributed by atoms with E-state index in [4.69, 9.17) is 15.4 Å². The first-order valence-electron chi connectivity index (χ1n) is 7.54. The summed E-state index contributed by atoms with van der Waals surface area (Å²) in [6.07, 6.45) is 4.90. The van der Waals surface area contributed by atoms with Crippen LogP contribution in [0.5, 0.6) is 5.75 Å². The van der Waals surface area contributed by atoms with Gasteiger partial charge in [0.15, 0.2) is 0 Å². The molecule has 0 aromatic heterocycles. The monoisotopic (exact) mass is 330 g/mol. The third kappa shape index (κ3) is 4.36. The molecule has 0 amide bonds. The molecule has 118 valence electrons. The SMILES string of the molecule is CCC(CC)(COc1ccc2c(c1)CCC2)CS(=O)(=O)Cl. The molecular weight excluding hydrogens is 308 g/mol. The van der Waals surface area contributed by atoms with E-state index < -0.39 is 14.5 Å². The van der Waals surface area contributed by atoms with E-state index in [2.05, 4.69) is 12.1 Å². The fourth-order valence-electron chi connectivity index (χ4n) is 2.94. The van der Waals surface area contributed by atoms with Crippen molar-refractivity contribution in [2.75, 3.05) is 12.4 Å². The quantitative estimate of drug-likeness (QED) is 0.711. The lowest BCUT2D eigenvalue weighted by molar-refractivity contribution is 0.155. The molecule has 0 fully saturated rings. The van der Waals surface area contributed by atoms with Crippen molar-refractivity contribution in [3.63, 3.8) is 0 Å². The van der Waals surface area contributed by atoms with E-state index in [0.29, 0.717) is 6.61 Å². The summed E-state index contributed by atoms with van der Waals surface area (Å²) < 4.78 is 28.8. The molecule has 1 aliphatic carbocycles. The van der Waals surface area contributed by atoms with Gasteiger partial charge in [0.1, 0.15) is 5.75 Å². The van der Waals surface area contributed by atoms with Crippen LogP contribution in [-0.4, -0.2) is 20.8 Å². The molecule has 2 rings (SSSR count). The summed E-state index contributed by atoms with van der Waals surface area (Å²) in [5, 5.41) is 0. The fourth-order valence-corrected chi connectivity index (χ4v) is 4.86. The molecule has 0 heterocycles. The summed E-state index contributed by atoms with van der Waals surface area (Å²) in [5.74, 6) is 0.786. The van der Waals surface area contributed by atoms with Gasteiger partial charge < -0.3 is 4.74 Å². The van der Waals surface area contributed by atoms with E-state index in [0.717, 1.165) is 31.4 Å².